The van der Waals surface area contributed by atoms with Crippen LogP contribution in [0.2, 0.25) is 0 Å². The first kappa shape index (κ1) is 28.7. The third-order valence-corrected chi connectivity index (χ3v) is 6.21. The molecular weight excluding hydrogens is 471 g/mol. The first-order valence-corrected chi connectivity index (χ1v) is 12.9. The topological polar surface area (TPSA) is 67.2 Å². The number of ether oxygens (including phenoxy) is 1. The molecule has 37 heavy (non-hydrogen) atoms. The van der Waals surface area contributed by atoms with Crippen molar-refractivity contribution in [3.05, 3.63) is 91.0 Å². The third-order valence-electron chi connectivity index (χ3n) is 6.21. The van der Waals surface area contributed by atoms with E-state index < -0.39 is 5.97 Å². The van der Waals surface area contributed by atoms with Gasteiger partial charge < -0.3 is 14.6 Å². The second-order valence-corrected chi connectivity index (χ2v) is 8.94. The van der Waals surface area contributed by atoms with Crippen molar-refractivity contribution in [2.45, 2.75) is 51.4 Å². The van der Waals surface area contributed by atoms with Crippen molar-refractivity contribution in [2.24, 2.45) is 0 Å². The van der Waals surface area contributed by atoms with Crippen LogP contribution in [-0.4, -0.2) is 22.1 Å². The summed E-state index contributed by atoms with van der Waals surface area (Å²) in [5.74, 6) is -0.952. The van der Waals surface area contributed by atoms with Crippen LogP contribution in [0.15, 0.2) is 91.0 Å². The van der Waals surface area contributed by atoms with E-state index in [1.54, 1.807) is 0 Å². The molecule has 4 rings (SSSR count). The summed E-state index contributed by atoms with van der Waals surface area (Å²) >= 11 is 0. The monoisotopic (exact) mass is 504 g/mol. The number of hydrogen-bond acceptors (Lipinski definition) is 4. The number of aromatic nitrogens is 2. The molecule has 1 aromatic heterocycles. The van der Waals surface area contributed by atoms with Crippen LogP contribution in [0.1, 0.15) is 51.4 Å². The van der Waals surface area contributed by atoms with Crippen molar-refractivity contribution in [3.8, 4) is 34.2 Å². The fourth-order valence-electron chi connectivity index (χ4n) is 4.39. The fourth-order valence-corrected chi connectivity index (χ4v) is 4.39. The molecule has 0 N–H and O–H groups in total. The van der Waals surface area contributed by atoms with Crippen molar-refractivity contribution in [1.82, 2.24) is 9.55 Å². The molecule has 0 radical (unpaired) electrons. The van der Waals surface area contributed by atoms with Gasteiger partial charge in [-0.1, -0.05) is 111 Å². The van der Waals surface area contributed by atoms with Crippen molar-refractivity contribution in [1.29, 1.82) is 0 Å². The Morgan fingerprint density at radius 3 is 1.81 bits per heavy atom. The van der Waals surface area contributed by atoms with E-state index in [0.29, 0.717) is 19.0 Å². The van der Waals surface area contributed by atoms with Gasteiger partial charge in [0.05, 0.1) is 18.0 Å². The van der Waals surface area contributed by atoms with Gasteiger partial charge in [0.25, 0.3) is 0 Å². The van der Waals surface area contributed by atoms with Gasteiger partial charge in [0.2, 0.25) is 0 Å². The van der Waals surface area contributed by atoms with E-state index in [9.17, 15) is 9.90 Å². The Hall–Kier alpha value is -2.86. The van der Waals surface area contributed by atoms with Gasteiger partial charge in [-0.15, -0.1) is 0 Å². The molecule has 5 nitrogen and oxygen atoms in total. The van der Waals surface area contributed by atoms with Crippen LogP contribution in [0.3, 0.4) is 0 Å². The molecule has 0 aliphatic carbocycles. The summed E-state index contributed by atoms with van der Waals surface area (Å²) in [6.45, 7) is 0.594. The molecule has 0 bridgehead atoms. The summed E-state index contributed by atoms with van der Waals surface area (Å²) in [6.07, 6.45) is 7.13. The predicted molar refractivity (Wildman–Crippen MR) is 142 cm³/mol. The standard InChI is InChI=1S/C31H34N2O3.Na/c34-28(35)23-15-4-2-1-3-5-16-24-36-31-32-29(25-17-9-6-10-18-25)30(26-19-11-7-12-20-26)33(31)27-21-13-8-14-22-27;/h6-14,17-22H,1-5,15-16,23-24H2,(H,34,35);/q;+1/p-1. The Morgan fingerprint density at radius 2 is 1.22 bits per heavy atom. The van der Waals surface area contributed by atoms with Crippen molar-refractivity contribution in [3.63, 3.8) is 0 Å². The van der Waals surface area contributed by atoms with Gasteiger partial charge in [0, 0.05) is 17.1 Å². The number of para-hydroxylation sites is 1. The smallest absolute Gasteiger partial charge is 0.550 e. The molecule has 0 amide bonds. The normalized spacial score (nSPS) is 10.6. The summed E-state index contributed by atoms with van der Waals surface area (Å²) in [6, 6.07) is 31.4. The number of carbonyl (C=O) groups excluding carboxylic acids is 1. The Kier molecular flexibility index (Phi) is 12.0. The fraction of sp³-hybridized carbons (Fsp3) is 0.290. The second-order valence-electron chi connectivity index (χ2n) is 8.94. The number of carboxylic acid groups (broad SMARTS) is 1. The van der Waals surface area contributed by atoms with Gasteiger partial charge in [0.15, 0.2) is 0 Å². The number of imidazole rings is 1. The predicted octanol–water partition coefficient (Wildman–Crippen LogP) is 3.46. The maximum absolute atomic E-state index is 10.5. The molecule has 0 atom stereocenters. The van der Waals surface area contributed by atoms with E-state index in [4.69, 9.17) is 9.72 Å². The molecule has 0 aliphatic heterocycles. The zero-order chi connectivity index (χ0) is 25.0. The number of unbranched alkanes of at least 4 members (excludes halogenated alkanes) is 6. The number of rotatable bonds is 14. The number of nitrogens with zero attached hydrogens (tertiary/aromatic N) is 2. The number of aliphatic carboxylic acids is 1. The van der Waals surface area contributed by atoms with Crippen LogP contribution in [0.4, 0.5) is 0 Å². The average molecular weight is 505 g/mol. The first-order chi connectivity index (χ1) is 17.7. The number of benzene rings is 3. The van der Waals surface area contributed by atoms with E-state index in [0.717, 1.165) is 66.7 Å². The minimum atomic E-state index is -0.952. The van der Waals surface area contributed by atoms with E-state index in [2.05, 4.69) is 41.0 Å². The average Bonchev–Trinajstić information content (AvgIpc) is 3.30. The summed E-state index contributed by atoms with van der Waals surface area (Å²) < 4.78 is 8.43. The van der Waals surface area contributed by atoms with Crippen LogP contribution in [-0.2, 0) is 4.79 Å². The van der Waals surface area contributed by atoms with Crippen LogP contribution in [0.25, 0.3) is 28.2 Å². The molecular formula is C31H33N2NaO3. The third kappa shape index (κ3) is 8.32. The Labute approximate surface area is 241 Å². The SMILES string of the molecule is O=C([O-])CCCCCCCCCOc1nc(-c2ccccc2)c(-c2ccccc2)n1-c1ccccc1.[Na+]. The molecule has 0 spiro atoms. The minimum Gasteiger partial charge on any atom is -0.550 e. The molecule has 0 saturated heterocycles. The molecule has 0 fully saturated rings. The van der Waals surface area contributed by atoms with E-state index in [1.165, 1.54) is 0 Å². The van der Waals surface area contributed by atoms with Crippen LogP contribution in [0, 0.1) is 0 Å². The van der Waals surface area contributed by atoms with E-state index >= 15 is 0 Å². The van der Waals surface area contributed by atoms with Crippen LogP contribution < -0.4 is 39.4 Å². The number of carboxylic acids is 1. The van der Waals surface area contributed by atoms with E-state index in [1.807, 2.05) is 54.6 Å². The summed E-state index contributed by atoms with van der Waals surface area (Å²) in [5.41, 5.74) is 5.06. The Bertz CT molecular complexity index is 1210. The quantitative estimate of drug-likeness (QED) is 0.195. The number of hydrogen-bond donors (Lipinski definition) is 0. The van der Waals surface area contributed by atoms with Gasteiger partial charge in [-0.3, -0.25) is 4.57 Å². The molecule has 3 aromatic carbocycles. The first-order valence-electron chi connectivity index (χ1n) is 12.9. The van der Waals surface area contributed by atoms with Crippen LogP contribution in [0.5, 0.6) is 6.01 Å². The van der Waals surface area contributed by atoms with Gasteiger partial charge >= 0.3 is 35.6 Å². The largest absolute Gasteiger partial charge is 1.00 e. The van der Waals surface area contributed by atoms with Gasteiger partial charge in [-0.25, -0.2) is 0 Å². The second kappa shape index (κ2) is 15.4. The summed E-state index contributed by atoms with van der Waals surface area (Å²) in [5, 5.41) is 10.5. The molecule has 0 saturated carbocycles. The van der Waals surface area contributed by atoms with Crippen molar-refractivity contribution >= 4 is 5.97 Å². The van der Waals surface area contributed by atoms with Crippen molar-refractivity contribution in [2.75, 3.05) is 6.61 Å². The molecule has 4 aromatic rings. The molecule has 0 unspecified atom stereocenters. The Morgan fingerprint density at radius 1 is 0.703 bits per heavy atom. The van der Waals surface area contributed by atoms with Gasteiger partial charge in [0.1, 0.15) is 5.69 Å². The maximum Gasteiger partial charge on any atom is 1.00 e. The Balaban J connectivity index is 0.00000380. The molecule has 186 valence electrons. The van der Waals surface area contributed by atoms with E-state index in [-0.39, 0.29) is 36.0 Å². The molecule has 6 heteroatoms. The minimum absolute atomic E-state index is 0. The maximum atomic E-state index is 10.5. The molecule has 0 aliphatic rings. The summed E-state index contributed by atoms with van der Waals surface area (Å²) in [4.78, 5) is 15.5. The number of carbonyl (C=O) groups is 1. The van der Waals surface area contributed by atoms with Gasteiger partial charge in [-0.2, -0.15) is 4.98 Å². The zero-order valence-electron chi connectivity index (χ0n) is 21.6. The van der Waals surface area contributed by atoms with Crippen molar-refractivity contribution < 1.29 is 44.2 Å². The zero-order valence-corrected chi connectivity index (χ0v) is 23.6. The molecule has 1 heterocycles. The van der Waals surface area contributed by atoms with Crippen LogP contribution >= 0.6 is 0 Å². The summed E-state index contributed by atoms with van der Waals surface area (Å²) in [7, 11) is 0. The van der Waals surface area contributed by atoms with Gasteiger partial charge in [-0.05, 0) is 31.4 Å².